The Labute approximate surface area is 183 Å². The molecule has 0 atom stereocenters. The largest absolute Gasteiger partial charge is 0.493 e. The molecule has 2 aromatic carbocycles. The van der Waals surface area contributed by atoms with Crippen LogP contribution in [0.5, 0.6) is 11.5 Å². The lowest BCUT2D eigenvalue weighted by Gasteiger charge is -2.39. The first kappa shape index (κ1) is 20.9. The van der Waals surface area contributed by atoms with E-state index in [1.807, 2.05) is 36.1 Å². The van der Waals surface area contributed by atoms with Crippen LogP contribution in [0, 0.1) is 6.92 Å². The van der Waals surface area contributed by atoms with Gasteiger partial charge in [-0.05, 0) is 54.3 Å². The number of rotatable bonds is 7. The molecule has 0 saturated carbocycles. The maximum absolute atomic E-state index is 12.6. The number of benzene rings is 2. The molecule has 160 valence electrons. The van der Waals surface area contributed by atoms with E-state index in [1.54, 1.807) is 13.2 Å². The van der Waals surface area contributed by atoms with Crippen LogP contribution in [-0.2, 0) is 13.0 Å². The standard InChI is InChI=1S/C26H28N2O3/c1-4-19-8-10-20(11-9-19)17-31-24-13-12-21(14-25(24)30-3)22-15-28(16-22)26(29)23-7-5-6-18(2)27-23/h5-14,22H,4,15-17H2,1-3H3. The Morgan fingerprint density at radius 1 is 1.03 bits per heavy atom. The Morgan fingerprint density at radius 3 is 2.45 bits per heavy atom. The second kappa shape index (κ2) is 9.21. The number of amides is 1. The van der Waals surface area contributed by atoms with Gasteiger partial charge in [0.05, 0.1) is 7.11 Å². The first-order valence-electron chi connectivity index (χ1n) is 10.7. The number of carbonyl (C=O) groups is 1. The van der Waals surface area contributed by atoms with Crippen molar-refractivity contribution in [1.82, 2.24) is 9.88 Å². The van der Waals surface area contributed by atoms with Crippen LogP contribution >= 0.6 is 0 Å². The van der Waals surface area contributed by atoms with Crippen LogP contribution in [0.4, 0.5) is 0 Å². The highest BCUT2D eigenvalue weighted by atomic mass is 16.5. The number of pyridine rings is 1. The zero-order valence-corrected chi connectivity index (χ0v) is 18.3. The van der Waals surface area contributed by atoms with Gasteiger partial charge in [-0.1, -0.05) is 43.3 Å². The predicted molar refractivity (Wildman–Crippen MR) is 121 cm³/mol. The summed E-state index contributed by atoms with van der Waals surface area (Å²) >= 11 is 0. The highest BCUT2D eigenvalue weighted by Crippen LogP contribution is 2.35. The van der Waals surface area contributed by atoms with Crippen LogP contribution in [0.2, 0.25) is 0 Å². The van der Waals surface area contributed by atoms with E-state index in [4.69, 9.17) is 9.47 Å². The molecular weight excluding hydrogens is 388 g/mol. The second-order valence-corrected chi connectivity index (χ2v) is 7.94. The van der Waals surface area contributed by atoms with Gasteiger partial charge in [0.1, 0.15) is 12.3 Å². The fourth-order valence-electron chi connectivity index (χ4n) is 3.77. The molecular formula is C26H28N2O3. The lowest BCUT2D eigenvalue weighted by atomic mass is 9.91. The van der Waals surface area contributed by atoms with E-state index < -0.39 is 0 Å². The van der Waals surface area contributed by atoms with Gasteiger partial charge in [0.15, 0.2) is 11.5 Å². The topological polar surface area (TPSA) is 51.7 Å². The Bertz CT molecular complexity index is 1060. The summed E-state index contributed by atoms with van der Waals surface area (Å²) in [6.45, 7) is 5.90. The van der Waals surface area contributed by atoms with Crippen LogP contribution in [-0.4, -0.2) is 36.0 Å². The van der Waals surface area contributed by atoms with E-state index >= 15 is 0 Å². The van der Waals surface area contributed by atoms with Crippen molar-refractivity contribution in [2.24, 2.45) is 0 Å². The number of aromatic nitrogens is 1. The van der Waals surface area contributed by atoms with E-state index in [0.29, 0.717) is 37.1 Å². The summed E-state index contributed by atoms with van der Waals surface area (Å²) in [6.07, 6.45) is 1.03. The van der Waals surface area contributed by atoms with Crippen LogP contribution in [0.3, 0.4) is 0 Å². The molecule has 5 heteroatoms. The Hall–Kier alpha value is -3.34. The van der Waals surface area contributed by atoms with Crippen molar-refractivity contribution in [2.75, 3.05) is 20.2 Å². The molecule has 0 N–H and O–H groups in total. The number of methoxy groups -OCH3 is 1. The lowest BCUT2D eigenvalue weighted by molar-refractivity contribution is 0.0595. The molecule has 1 saturated heterocycles. The van der Waals surface area contributed by atoms with Crippen molar-refractivity contribution in [3.8, 4) is 11.5 Å². The summed E-state index contributed by atoms with van der Waals surface area (Å²) in [7, 11) is 1.65. The smallest absolute Gasteiger partial charge is 0.272 e. The van der Waals surface area contributed by atoms with E-state index in [2.05, 4.69) is 42.2 Å². The molecule has 1 amide bonds. The van der Waals surface area contributed by atoms with Crippen LogP contribution in [0.15, 0.2) is 60.7 Å². The van der Waals surface area contributed by atoms with E-state index in [-0.39, 0.29) is 5.91 Å². The summed E-state index contributed by atoms with van der Waals surface area (Å²) in [4.78, 5) is 18.8. The summed E-state index contributed by atoms with van der Waals surface area (Å²) in [5, 5.41) is 0. The summed E-state index contributed by atoms with van der Waals surface area (Å²) < 4.78 is 11.6. The molecule has 2 heterocycles. The molecule has 1 aliphatic rings. The molecule has 1 fully saturated rings. The van der Waals surface area contributed by atoms with Crippen molar-refractivity contribution in [3.05, 3.63) is 88.7 Å². The third-order valence-electron chi connectivity index (χ3n) is 5.76. The van der Waals surface area contributed by atoms with Gasteiger partial charge in [0.2, 0.25) is 0 Å². The number of nitrogens with zero attached hydrogens (tertiary/aromatic N) is 2. The molecule has 3 aromatic rings. The first-order chi connectivity index (χ1) is 15.1. The van der Waals surface area contributed by atoms with Crippen LogP contribution in [0.25, 0.3) is 0 Å². The minimum Gasteiger partial charge on any atom is -0.493 e. The zero-order valence-electron chi connectivity index (χ0n) is 18.3. The molecule has 1 aliphatic heterocycles. The number of likely N-dealkylation sites (tertiary alicyclic amines) is 1. The lowest BCUT2D eigenvalue weighted by Crippen LogP contribution is -2.48. The summed E-state index contributed by atoms with van der Waals surface area (Å²) in [5.74, 6) is 1.72. The summed E-state index contributed by atoms with van der Waals surface area (Å²) in [5.41, 5.74) is 4.95. The molecule has 1 aromatic heterocycles. The normalized spacial score (nSPS) is 13.6. The maximum atomic E-state index is 12.6. The van der Waals surface area contributed by atoms with Crippen molar-refractivity contribution in [2.45, 2.75) is 32.8 Å². The Kier molecular flexibility index (Phi) is 6.21. The van der Waals surface area contributed by atoms with Gasteiger partial charge in [-0.3, -0.25) is 4.79 Å². The molecule has 31 heavy (non-hydrogen) atoms. The van der Waals surface area contributed by atoms with Gasteiger partial charge in [-0.25, -0.2) is 4.98 Å². The SMILES string of the molecule is CCc1ccc(COc2ccc(C3CN(C(=O)c4cccc(C)n4)C3)cc2OC)cc1. The highest BCUT2D eigenvalue weighted by Gasteiger charge is 2.33. The number of carbonyl (C=O) groups excluding carboxylic acids is 1. The van der Waals surface area contributed by atoms with Crippen molar-refractivity contribution in [3.63, 3.8) is 0 Å². The first-order valence-corrected chi connectivity index (χ1v) is 10.7. The average molecular weight is 417 g/mol. The molecule has 5 nitrogen and oxygen atoms in total. The molecule has 0 radical (unpaired) electrons. The van der Waals surface area contributed by atoms with Gasteiger partial charge in [-0.15, -0.1) is 0 Å². The van der Waals surface area contributed by atoms with E-state index in [1.165, 1.54) is 5.56 Å². The van der Waals surface area contributed by atoms with Gasteiger partial charge >= 0.3 is 0 Å². The fraction of sp³-hybridized carbons (Fsp3) is 0.308. The number of aryl methyl sites for hydroxylation is 2. The van der Waals surface area contributed by atoms with Gasteiger partial charge in [0, 0.05) is 24.7 Å². The third kappa shape index (κ3) is 4.71. The predicted octanol–water partition coefficient (Wildman–Crippen LogP) is 4.78. The maximum Gasteiger partial charge on any atom is 0.272 e. The van der Waals surface area contributed by atoms with Crippen molar-refractivity contribution in [1.29, 1.82) is 0 Å². The van der Waals surface area contributed by atoms with Crippen LogP contribution < -0.4 is 9.47 Å². The van der Waals surface area contributed by atoms with E-state index in [9.17, 15) is 4.79 Å². The number of ether oxygens (including phenoxy) is 2. The summed E-state index contributed by atoms with van der Waals surface area (Å²) in [6, 6.07) is 20.0. The van der Waals surface area contributed by atoms with Gasteiger partial charge in [0.25, 0.3) is 5.91 Å². The number of hydrogen-bond donors (Lipinski definition) is 0. The van der Waals surface area contributed by atoms with Crippen molar-refractivity contribution < 1.29 is 14.3 Å². The van der Waals surface area contributed by atoms with Crippen LogP contribution in [0.1, 0.15) is 45.7 Å². The fourth-order valence-corrected chi connectivity index (χ4v) is 3.77. The molecule has 0 unspecified atom stereocenters. The Balaban J connectivity index is 1.37. The van der Waals surface area contributed by atoms with E-state index in [0.717, 1.165) is 29.0 Å². The van der Waals surface area contributed by atoms with Gasteiger partial charge in [-0.2, -0.15) is 0 Å². The molecule has 0 spiro atoms. The molecule has 0 bridgehead atoms. The quantitative estimate of drug-likeness (QED) is 0.556. The molecule has 0 aliphatic carbocycles. The van der Waals surface area contributed by atoms with Crippen molar-refractivity contribution >= 4 is 5.91 Å². The zero-order chi connectivity index (χ0) is 21.8. The van der Waals surface area contributed by atoms with Gasteiger partial charge < -0.3 is 14.4 Å². The highest BCUT2D eigenvalue weighted by molar-refractivity contribution is 5.93. The third-order valence-corrected chi connectivity index (χ3v) is 5.76. The minimum atomic E-state index is -0.0130. The monoisotopic (exact) mass is 416 g/mol. The Morgan fingerprint density at radius 2 is 1.77 bits per heavy atom. The minimum absolute atomic E-state index is 0.0130. The average Bonchev–Trinajstić information content (AvgIpc) is 2.77. The number of hydrogen-bond acceptors (Lipinski definition) is 4. The second-order valence-electron chi connectivity index (χ2n) is 7.94. The molecule has 4 rings (SSSR count).